The fourth-order valence-electron chi connectivity index (χ4n) is 5.20. The fraction of sp³-hybridized carbons (Fsp3) is 0.267. The number of nitrogens with one attached hydrogen (secondary N) is 1. The van der Waals surface area contributed by atoms with Gasteiger partial charge in [0.2, 0.25) is 0 Å². The molecule has 3 heterocycles. The van der Waals surface area contributed by atoms with E-state index in [9.17, 15) is 0 Å². The predicted molar refractivity (Wildman–Crippen MR) is 155 cm³/mol. The molecule has 2 aromatic heterocycles. The van der Waals surface area contributed by atoms with Gasteiger partial charge < -0.3 is 24.4 Å². The first kappa shape index (κ1) is 24.8. The van der Waals surface area contributed by atoms with Gasteiger partial charge in [-0.3, -0.25) is 4.98 Å². The van der Waals surface area contributed by atoms with E-state index in [1.807, 2.05) is 37.4 Å². The van der Waals surface area contributed by atoms with Crippen LogP contribution in [0.1, 0.15) is 41.7 Å². The van der Waals surface area contributed by atoms with E-state index in [4.69, 9.17) is 21.9 Å². The fourth-order valence-corrected chi connectivity index (χ4v) is 5.55. The summed E-state index contributed by atoms with van der Waals surface area (Å²) < 4.78 is 8.00. The van der Waals surface area contributed by atoms with Crippen LogP contribution in [0.5, 0.6) is 5.75 Å². The standard InChI is InChI=1S/C30H33N5OS/c1-6-36-25-16-14-24(15-17-25)35-29(28(32-30(35)37)27-9-7-8-18-31-27)26-19-20(2)34(21(26)3)23-12-10-22(11-13-23)33(4)5/h7-19,28-29H,6H2,1-5H3,(H,32,37)/t28-,29+/m0/s1. The van der Waals surface area contributed by atoms with Crippen molar-refractivity contribution in [3.8, 4) is 11.4 Å². The Balaban J connectivity index is 1.61. The highest BCUT2D eigenvalue weighted by Crippen LogP contribution is 2.44. The first-order chi connectivity index (χ1) is 17.9. The molecule has 2 atom stereocenters. The topological polar surface area (TPSA) is 45.6 Å². The third-order valence-corrected chi connectivity index (χ3v) is 7.25. The van der Waals surface area contributed by atoms with Crippen molar-refractivity contribution in [2.45, 2.75) is 32.9 Å². The monoisotopic (exact) mass is 511 g/mol. The van der Waals surface area contributed by atoms with E-state index in [1.54, 1.807) is 0 Å². The highest BCUT2D eigenvalue weighted by atomic mass is 32.1. The molecule has 190 valence electrons. The van der Waals surface area contributed by atoms with Crippen LogP contribution in [0.15, 0.2) is 79.0 Å². The quantitative estimate of drug-likeness (QED) is 0.301. The number of aryl methyl sites for hydroxylation is 1. The molecule has 0 unspecified atom stereocenters. The second-order valence-electron chi connectivity index (χ2n) is 9.50. The molecule has 5 rings (SSSR count). The summed E-state index contributed by atoms with van der Waals surface area (Å²) in [6.07, 6.45) is 1.84. The summed E-state index contributed by atoms with van der Waals surface area (Å²) in [5.74, 6) is 0.849. The molecule has 0 aliphatic carbocycles. The zero-order chi connectivity index (χ0) is 26.1. The molecule has 4 aromatic rings. The lowest BCUT2D eigenvalue weighted by molar-refractivity contribution is 0.340. The minimum Gasteiger partial charge on any atom is -0.494 e. The van der Waals surface area contributed by atoms with E-state index in [-0.39, 0.29) is 12.1 Å². The Morgan fingerprint density at radius 3 is 2.30 bits per heavy atom. The van der Waals surface area contributed by atoms with E-state index in [0.717, 1.165) is 22.8 Å². The van der Waals surface area contributed by atoms with E-state index < -0.39 is 0 Å². The summed E-state index contributed by atoms with van der Waals surface area (Å²) in [5, 5.41) is 4.26. The zero-order valence-corrected chi connectivity index (χ0v) is 22.8. The van der Waals surface area contributed by atoms with Crippen molar-refractivity contribution < 1.29 is 4.74 Å². The number of rotatable bonds is 7. The lowest BCUT2D eigenvalue weighted by Crippen LogP contribution is -2.29. The highest BCUT2D eigenvalue weighted by molar-refractivity contribution is 7.80. The summed E-state index contributed by atoms with van der Waals surface area (Å²) in [7, 11) is 4.12. The Kier molecular flexibility index (Phi) is 6.89. The molecule has 0 radical (unpaired) electrons. The van der Waals surface area contributed by atoms with Crippen molar-refractivity contribution in [2.75, 3.05) is 30.5 Å². The number of aromatic nitrogens is 2. The van der Waals surface area contributed by atoms with Gasteiger partial charge in [0.1, 0.15) is 5.75 Å². The summed E-state index contributed by atoms with van der Waals surface area (Å²) >= 11 is 5.92. The molecule has 37 heavy (non-hydrogen) atoms. The maximum Gasteiger partial charge on any atom is 0.174 e. The predicted octanol–water partition coefficient (Wildman–Crippen LogP) is 6.13. The van der Waals surface area contributed by atoms with E-state index >= 15 is 0 Å². The van der Waals surface area contributed by atoms with Crippen molar-refractivity contribution >= 4 is 28.7 Å². The molecule has 1 N–H and O–H groups in total. The summed E-state index contributed by atoms with van der Waals surface area (Å²) in [6.45, 7) is 6.98. The minimum atomic E-state index is -0.0923. The van der Waals surface area contributed by atoms with Gasteiger partial charge in [-0.1, -0.05) is 6.07 Å². The highest BCUT2D eigenvalue weighted by Gasteiger charge is 2.42. The number of nitrogens with zero attached hydrogens (tertiary/aromatic N) is 4. The minimum absolute atomic E-state index is 0.0682. The molecule has 1 fully saturated rings. The summed E-state index contributed by atoms with van der Waals surface area (Å²) in [6, 6.07) is 25.0. The van der Waals surface area contributed by atoms with Gasteiger partial charge in [-0.25, -0.2) is 0 Å². The van der Waals surface area contributed by atoms with Crippen molar-refractivity contribution in [1.29, 1.82) is 0 Å². The Bertz CT molecular complexity index is 1380. The van der Waals surface area contributed by atoms with Gasteiger partial charge >= 0.3 is 0 Å². The van der Waals surface area contributed by atoms with E-state index in [1.165, 1.54) is 22.6 Å². The number of ether oxygens (including phenoxy) is 1. The Morgan fingerprint density at radius 2 is 1.68 bits per heavy atom. The Morgan fingerprint density at radius 1 is 0.973 bits per heavy atom. The summed E-state index contributed by atoms with van der Waals surface area (Å²) in [5.41, 5.74) is 7.87. The maximum absolute atomic E-state index is 5.92. The van der Waals surface area contributed by atoms with Crippen LogP contribution in [0.4, 0.5) is 11.4 Å². The van der Waals surface area contributed by atoms with Crippen LogP contribution in [-0.2, 0) is 0 Å². The molecule has 1 aliphatic rings. The van der Waals surface area contributed by atoms with Gasteiger partial charge in [0.05, 0.1) is 24.4 Å². The van der Waals surface area contributed by atoms with E-state index in [0.29, 0.717) is 11.7 Å². The molecule has 0 bridgehead atoms. The van der Waals surface area contributed by atoms with Crippen LogP contribution in [0.3, 0.4) is 0 Å². The van der Waals surface area contributed by atoms with Crippen LogP contribution in [0, 0.1) is 13.8 Å². The first-order valence-corrected chi connectivity index (χ1v) is 13.0. The number of pyridine rings is 1. The van der Waals surface area contributed by atoms with Crippen LogP contribution < -0.4 is 19.9 Å². The molecular weight excluding hydrogens is 478 g/mol. The van der Waals surface area contributed by atoms with Gasteiger partial charge in [-0.05, 0) is 105 Å². The second kappa shape index (κ2) is 10.3. The van der Waals surface area contributed by atoms with Gasteiger partial charge in [0.15, 0.2) is 5.11 Å². The van der Waals surface area contributed by atoms with Crippen molar-refractivity contribution in [3.63, 3.8) is 0 Å². The van der Waals surface area contributed by atoms with Crippen LogP contribution in [0.2, 0.25) is 0 Å². The molecule has 0 amide bonds. The average molecular weight is 512 g/mol. The zero-order valence-electron chi connectivity index (χ0n) is 22.0. The van der Waals surface area contributed by atoms with Gasteiger partial charge in [-0.15, -0.1) is 0 Å². The Labute approximate surface area is 224 Å². The van der Waals surface area contributed by atoms with Crippen LogP contribution in [0.25, 0.3) is 5.69 Å². The smallest absolute Gasteiger partial charge is 0.174 e. The molecule has 0 saturated carbocycles. The number of hydrogen-bond acceptors (Lipinski definition) is 4. The van der Waals surface area contributed by atoms with Crippen molar-refractivity contribution in [2.24, 2.45) is 0 Å². The van der Waals surface area contributed by atoms with Gasteiger partial charge in [0, 0.05) is 48.7 Å². The molecule has 1 saturated heterocycles. The Hall–Kier alpha value is -3.84. The average Bonchev–Trinajstić information content (AvgIpc) is 3.40. The summed E-state index contributed by atoms with van der Waals surface area (Å²) in [4.78, 5) is 9.03. The second-order valence-corrected chi connectivity index (χ2v) is 9.88. The number of benzene rings is 2. The lowest BCUT2D eigenvalue weighted by atomic mass is 9.96. The molecule has 2 aromatic carbocycles. The largest absolute Gasteiger partial charge is 0.494 e. The molecule has 6 nitrogen and oxygen atoms in total. The number of thiocarbonyl (C=S) groups is 1. The molecular formula is C30H33N5OS. The normalized spacial score (nSPS) is 17.1. The molecule has 0 spiro atoms. The lowest BCUT2D eigenvalue weighted by Gasteiger charge is -2.28. The molecule has 1 aliphatic heterocycles. The maximum atomic E-state index is 5.92. The number of hydrogen-bond donors (Lipinski definition) is 1. The molecule has 7 heteroatoms. The van der Waals surface area contributed by atoms with Crippen LogP contribution >= 0.6 is 12.2 Å². The van der Waals surface area contributed by atoms with E-state index in [2.05, 4.69) is 96.2 Å². The van der Waals surface area contributed by atoms with Gasteiger partial charge in [0.25, 0.3) is 0 Å². The van der Waals surface area contributed by atoms with Crippen molar-refractivity contribution in [1.82, 2.24) is 14.9 Å². The third kappa shape index (κ3) is 4.67. The number of anilines is 2. The van der Waals surface area contributed by atoms with Gasteiger partial charge in [-0.2, -0.15) is 0 Å². The first-order valence-electron chi connectivity index (χ1n) is 12.6. The third-order valence-electron chi connectivity index (χ3n) is 6.94. The van der Waals surface area contributed by atoms with Crippen LogP contribution in [-0.4, -0.2) is 35.4 Å². The SMILES string of the molecule is CCOc1ccc(N2C(=S)N[C@@H](c3ccccn3)[C@H]2c2cc(C)n(-c3ccc(N(C)C)cc3)c2C)cc1. The van der Waals surface area contributed by atoms with Crippen molar-refractivity contribution in [3.05, 3.63) is 102 Å².